The van der Waals surface area contributed by atoms with E-state index in [1.807, 2.05) is 0 Å². The van der Waals surface area contributed by atoms with E-state index in [4.69, 9.17) is 4.74 Å². The van der Waals surface area contributed by atoms with Crippen LogP contribution >= 0.6 is 0 Å². The maximum Gasteiger partial charge on any atom is 0.339 e. The first-order chi connectivity index (χ1) is 15.2. The van der Waals surface area contributed by atoms with Crippen LogP contribution in [0.25, 0.3) is 0 Å². The minimum absolute atomic E-state index is 0.00735. The van der Waals surface area contributed by atoms with Gasteiger partial charge in [0.1, 0.15) is 11.4 Å². The normalized spacial score (nSPS) is 11.1. The van der Waals surface area contributed by atoms with E-state index in [-0.39, 0.29) is 21.0 Å². The Labute approximate surface area is 185 Å². The van der Waals surface area contributed by atoms with Crippen LogP contribution in [0.3, 0.4) is 0 Å². The van der Waals surface area contributed by atoms with Crippen molar-refractivity contribution in [3.05, 3.63) is 87.8 Å². The third kappa shape index (κ3) is 4.47. The molecule has 3 aromatic rings. The number of methoxy groups -OCH3 is 1. The van der Waals surface area contributed by atoms with Crippen LogP contribution in [-0.4, -0.2) is 32.0 Å². The summed E-state index contributed by atoms with van der Waals surface area (Å²) in [5.41, 5.74) is 0.311. The van der Waals surface area contributed by atoms with Gasteiger partial charge in [0.15, 0.2) is 0 Å². The number of nitrogens with zero attached hydrogens (tertiary/aromatic N) is 1. The van der Waals surface area contributed by atoms with E-state index < -0.39 is 33.8 Å². The lowest BCUT2D eigenvalue weighted by molar-refractivity contribution is -0.116. The Morgan fingerprint density at radius 1 is 1.00 bits per heavy atom. The van der Waals surface area contributed by atoms with Gasteiger partial charge in [-0.3, -0.25) is 9.59 Å². The summed E-state index contributed by atoms with van der Waals surface area (Å²) in [4.78, 5) is 37.4. The summed E-state index contributed by atoms with van der Waals surface area (Å²) < 4.78 is 32.0. The molecule has 0 atom stereocenters. The lowest BCUT2D eigenvalue weighted by Gasteiger charge is -2.15. The molecule has 0 aliphatic carbocycles. The van der Waals surface area contributed by atoms with Gasteiger partial charge in [-0.25, -0.2) is 13.2 Å². The zero-order chi connectivity index (χ0) is 23.5. The number of aryl methyl sites for hydroxylation is 2. The van der Waals surface area contributed by atoms with Gasteiger partial charge in [-0.1, -0.05) is 30.3 Å². The number of ether oxygens (including phenoxy) is 1. The third-order valence-electron chi connectivity index (χ3n) is 4.88. The summed E-state index contributed by atoms with van der Waals surface area (Å²) in [5, 5.41) is 2.58. The summed E-state index contributed by atoms with van der Waals surface area (Å²) in [6, 6.07) is 15.5. The monoisotopic (exact) mass is 454 g/mol. The highest BCUT2D eigenvalue weighted by Gasteiger charge is 2.26. The summed E-state index contributed by atoms with van der Waals surface area (Å²) in [7, 11) is -2.85. The molecule has 1 aromatic heterocycles. The van der Waals surface area contributed by atoms with Gasteiger partial charge in [-0.15, -0.1) is 0 Å². The molecule has 3 rings (SSSR count). The van der Waals surface area contributed by atoms with Crippen molar-refractivity contribution in [1.82, 2.24) is 4.57 Å². The molecule has 8 nitrogen and oxygen atoms in total. The van der Waals surface area contributed by atoms with E-state index in [0.717, 1.165) is 4.57 Å². The van der Waals surface area contributed by atoms with Crippen LogP contribution in [0.4, 0.5) is 5.69 Å². The molecule has 166 valence electrons. The summed E-state index contributed by atoms with van der Waals surface area (Å²) in [6.45, 7) is 2.72. The number of anilines is 1. The van der Waals surface area contributed by atoms with Crippen LogP contribution in [0, 0.1) is 13.8 Å². The Balaban J connectivity index is 1.99. The van der Waals surface area contributed by atoms with E-state index >= 15 is 0 Å². The number of carbonyl (C=O) groups is 2. The molecule has 1 amide bonds. The molecule has 0 fully saturated rings. The van der Waals surface area contributed by atoms with Gasteiger partial charge in [0, 0.05) is 5.69 Å². The maximum atomic E-state index is 13.2. The van der Waals surface area contributed by atoms with E-state index in [2.05, 4.69) is 5.32 Å². The van der Waals surface area contributed by atoms with E-state index in [1.54, 1.807) is 50.2 Å². The van der Waals surface area contributed by atoms with Gasteiger partial charge in [0.2, 0.25) is 15.7 Å². The average molecular weight is 455 g/mol. The second kappa shape index (κ2) is 9.19. The zero-order valence-corrected chi connectivity index (χ0v) is 18.6. The molecule has 1 heterocycles. The fraction of sp³-hybridized carbons (Fsp3) is 0.174. The molecule has 32 heavy (non-hydrogen) atoms. The van der Waals surface area contributed by atoms with Crippen molar-refractivity contribution in [1.29, 1.82) is 0 Å². The number of para-hydroxylation sites is 1. The van der Waals surface area contributed by atoms with Gasteiger partial charge in [0.05, 0.1) is 23.3 Å². The number of carbonyl (C=O) groups excluding carboxylic acids is 2. The Morgan fingerprint density at radius 2 is 1.62 bits per heavy atom. The van der Waals surface area contributed by atoms with E-state index in [9.17, 15) is 22.8 Å². The van der Waals surface area contributed by atoms with Crippen LogP contribution in [0.2, 0.25) is 0 Å². The number of benzene rings is 2. The highest BCUT2D eigenvalue weighted by molar-refractivity contribution is 7.91. The van der Waals surface area contributed by atoms with Crippen molar-refractivity contribution in [3.8, 4) is 0 Å². The molecule has 0 radical (unpaired) electrons. The Kier molecular flexibility index (Phi) is 6.59. The first kappa shape index (κ1) is 23.0. The van der Waals surface area contributed by atoms with E-state index in [0.29, 0.717) is 11.3 Å². The predicted octanol–water partition coefficient (Wildman–Crippen LogP) is 2.72. The smallest absolute Gasteiger partial charge is 0.339 e. The lowest BCUT2D eigenvalue weighted by atomic mass is 10.2. The standard InChI is InChI=1S/C23H22N2O6S/c1-15-13-16(2)25(22(27)21(15)32(29,30)17-9-5-4-6-10-17)14-20(26)24-19-12-8-7-11-18(19)23(28)31-3/h4-13H,14H2,1-3H3,(H,24,26). The summed E-state index contributed by atoms with van der Waals surface area (Å²) in [5.74, 6) is -1.22. The number of hydrogen-bond acceptors (Lipinski definition) is 6. The maximum absolute atomic E-state index is 13.2. The summed E-state index contributed by atoms with van der Waals surface area (Å²) in [6.07, 6.45) is 0. The molecule has 1 N–H and O–H groups in total. The fourth-order valence-electron chi connectivity index (χ4n) is 3.36. The Hall–Kier alpha value is -3.72. The van der Waals surface area contributed by atoms with Gasteiger partial charge < -0.3 is 14.6 Å². The van der Waals surface area contributed by atoms with Crippen LogP contribution in [-0.2, 0) is 25.9 Å². The number of nitrogens with one attached hydrogen (secondary N) is 1. The van der Waals surface area contributed by atoms with Crippen LogP contribution in [0.15, 0.2) is 75.2 Å². The number of pyridine rings is 1. The Morgan fingerprint density at radius 3 is 2.28 bits per heavy atom. The quantitative estimate of drug-likeness (QED) is 0.573. The molecule has 0 saturated heterocycles. The SMILES string of the molecule is COC(=O)c1ccccc1NC(=O)Cn1c(C)cc(C)c(S(=O)(=O)c2ccccc2)c1=O. The minimum atomic E-state index is -4.08. The first-order valence-corrected chi connectivity index (χ1v) is 11.1. The van der Waals surface area contributed by atoms with Crippen LogP contribution in [0.1, 0.15) is 21.6 Å². The van der Waals surface area contributed by atoms with Crippen molar-refractivity contribution in [2.45, 2.75) is 30.2 Å². The molecule has 9 heteroatoms. The number of amides is 1. The molecule has 2 aromatic carbocycles. The highest BCUT2D eigenvalue weighted by atomic mass is 32.2. The average Bonchev–Trinajstić information content (AvgIpc) is 2.76. The number of aromatic nitrogens is 1. The summed E-state index contributed by atoms with van der Waals surface area (Å²) >= 11 is 0. The predicted molar refractivity (Wildman–Crippen MR) is 118 cm³/mol. The van der Waals surface area contributed by atoms with Gasteiger partial charge in [-0.05, 0) is 49.7 Å². The largest absolute Gasteiger partial charge is 0.465 e. The topological polar surface area (TPSA) is 112 Å². The van der Waals surface area contributed by atoms with Crippen LogP contribution < -0.4 is 10.9 Å². The van der Waals surface area contributed by atoms with Gasteiger partial charge in [-0.2, -0.15) is 0 Å². The molecule has 0 aliphatic heterocycles. The minimum Gasteiger partial charge on any atom is -0.465 e. The van der Waals surface area contributed by atoms with Crippen molar-refractivity contribution in [2.75, 3.05) is 12.4 Å². The second-order valence-corrected chi connectivity index (χ2v) is 8.98. The van der Waals surface area contributed by atoms with Gasteiger partial charge in [0.25, 0.3) is 5.56 Å². The number of rotatable bonds is 6. The van der Waals surface area contributed by atoms with Crippen LogP contribution in [0.5, 0.6) is 0 Å². The molecule has 0 bridgehead atoms. The first-order valence-electron chi connectivity index (χ1n) is 9.65. The molecule has 0 aliphatic rings. The molecular formula is C23H22N2O6S. The second-order valence-electron chi connectivity index (χ2n) is 7.09. The molecule has 0 spiro atoms. The Bertz CT molecular complexity index is 1340. The van der Waals surface area contributed by atoms with Crippen molar-refractivity contribution in [3.63, 3.8) is 0 Å². The van der Waals surface area contributed by atoms with Gasteiger partial charge >= 0.3 is 5.97 Å². The van der Waals surface area contributed by atoms with Crippen molar-refractivity contribution in [2.24, 2.45) is 0 Å². The third-order valence-corrected chi connectivity index (χ3v) is 6.81. The highest BCUT2D eigenvalue weighted by Crippen LogP contribution is 2.22. The lowest BCUT2D eigenvalue weighted by Crippen LogP contribution is -2.33. The number of esters is 1. The zero-order valence-electron chi connectivity index (χ0n) is 17.8. The molecule has 0 unspecified atom stereocenters. The molecule has 0 saturated carbocycles. The van der Waals surface area contributed by atoms with Crippen molar-refractivity contribution >= 4 is 27.4 Å². The molecular weight excluding hydrogens is 432 g/mol. The number of sulfone groups is 1. The fourth-order valence-corrected chi connectivity index (χ4v) is 4.94. The van der Waals surface area contributed by atoms with Crippen molar-refractivity contribution < 1.29 is 22.7 Å². The number of hydrogen-bond donors (Lipinski definition) is 1. The van der Waals surface area contributed by atoms with E-state index in [1.165, 1.54) is 31.4 Å².